The molecule has 0 aliphatic rings. The number of anilines is 1. The third kappa shape index (κ3) is 7.18. The second kappa shape index (κ2) is 12.2. The Hall–Kier alpha value is -1.76. The summed E-state index contributed by atoms with van der Waals surface area (Å²) in [6, 6.07) is 6.83. The zero-order valence-electron chi connectivity index (χ0n) is 22.3. The van der Waals surface area contributed by atoms with Crippen molar-refractivity contribution in [1.82, 2.24) is 0 Å². The van der Waals surface area contributed by atoms with Crippen molar-refractivity contribution in [3.05, 3.63) is 58.2 Å². The van der Waals surface area contributed by atoms with Gasteiger partial charge in [-0.05, 0) is 84.4 Å². The second-order valence-corrected chi connectivity index (χ2v) is 9.71. The molecule has 1 N–H and O–H groups in total. The molecule has 0 aliphatic heterocycles. The van der Waals surface area contributed by atoms with Crippen molar-refractivity contribution in [2.45, 2.75) is 94.9 Å². The van der Waals surface area contributed by atoms with E-state index >= 15 is 0 Å². The van der Waals surface area contributed by atoms with E-state index in [-0.39, 0.29) is 5.41 Å². The molecule has 1 unspecified atom stereocenters. The number of rotatable bonds is 7. The summed E-state index contributed by atoms with van der Waals surface area (Å²) in [5.41, 5.74) is 10.6. The van der Waals surface area contributed by atoms with Crippen molar-refractivity contribution in [3.63, 3.8) is 0 Å². The van der Waals surface area contributed by atoms with Gasteiger partial charge in [0, 0.05) is 12.7 Å². The Balaban J connectivity index is 0.00000407. The molecule has 0 aliphatic carbocycles. The highest BCUT2D eigenvalue weighted by Crippen LogP contribution is 2.39. The van der Waals surface area contributed by atoms with Crippen molar-refractivity contribution in [3.8, 4) is 0 Å². The quantitative estimate of drug-likeness (QED) is 0.440. The Morgan fingerprint density at radius 3 is 1.90 bits per heavy atom. The summed E-state index contributed by atoms with van der Waals surface area (Å²) >= 11 is 0. The first-order valence-electron chi connectivity index (χ1n) is 11.8. The molecule has 1 aromatic carbocycles. The van der Waals surface area contributed by atoms with Gasteiger partial charge in [0.25, 0.3) is 0 Å². The molecule has 0 spiro atoms. The molecule has 0 bridgehead atoms. The van der Waals surface area contributed by atoms with Crippen molar-refractivity contribution < 1.29 is 0 Å². The molecular formula is C29H49N. The van der Waals surface area contributed by atoms with Crippen LogP contribution < -0.4 is 5.32 Å². The number of hydrogen-bond donors (Lipinski definition) is 1. The molecule has 0 saturated heterocycles. The molecule has 30 heavy (non-hydrogen) atoms. The highest BCUT2D eigenvalue weighted by atomic mass is 14.8. The van der Waals surface area contributed by atoms with E-state index in [2.05, 4.69) is 99.3 Å². The first kappa shape index (κ1) is 28.2. The molecule has 0 fully saturated rings. The normalized spacial score (nSPS) is 13.1. The number of hydrogen-bond acceptors (Lipinski definition) is 1. The lowest BCUT2D eigenvalue weighted by Gasteiger charge is -2.27. The average Bonchev–Trinajstić information content (AvgIpc) is 2.69. The fourth-order valence-electron chi connectivity index (χ4n) is 3.81. The van der Waals surface area contributed by atoms with E-state index in [1.807, 2.05) is 20.9 Å². The lowest BCUT2D eigenvalue weighted by molar-refractivity contribution is 0.590. The van der Waals surface area contributed by atoms with Crippen LogP contribution in [0.5, 0.6) is 0 Å². The highest BCUT2D eigenvalue weighted by Gasteiger charge is 2.22. The van der Waals surface area contributed by atoms with E-state index < -0.39 is 0 Å². The minimum Gasteiger partial charge on any atom is -0.388 e. The first-order valence-corrected chi connectivity index (χ1v) is 11.8. The Kier molecular flexibility index (Phi) is 11.5. The van der Waals surface area contributed by atoms with Gasteiger partial charge >= 0.3 is 0 Å². The van der Waals surface area contributed by atoms with E-state index in [0.29, 0.717) is 11.8 Å². The topological polar surface area (TPSA) is 12.0 Å². The van der Waals surface area contributed by atoms with Crippen LogP contribution in [-0.4, -0.2) is 7.05 Å². The van der Waals surface area contributed by atoms with Gasteiger partial charge in [0.1, 0.15) is 0 Å². The zero-order chi connectivity index (χ0) is 23.8. The summed E-state index contributed by atoms with van der Waals surface area (Å²) in [5, 5.41) is 3.34. The molecule has 0 aromatic heterocycles. The van der Waals surface area contributed by atoms with E-state index in [4.69, 9.17) is 0 Å². The molecule has 0 saturated carbocycles. The number of nitrogens with one attached hydrogen (secondary N) is 1. The Morgan fingerprint density at radius 2 is 1.53 bits per heavy atom. The van der Waals surface area contributed by atoms with Crippen LogP contribution in [-0.2, 0) is 5.41 Å². The molecule has 0 amide bonds. The Labute approximate surface area is 188 Å². The third-order valence-electron chi connectivity index (χ3n) is 5.87. The van der Waals surface area contributed by atoms with Gasteiger partial charge in [0.15, 0.2) is 0 Å². The second-order valence-electron chi connectivity index (χ2n) is 9.71. The van der Waals surface area contributed by atoms with Crippen LogP contribution in [0, 0.1) is 11.8 Å². The molecule has 170 valence electrons. The maximum atomic E-state index is 4.63. The smallest absolute Gasteiger partial charge is 0.0346 e. The largest absolute Gasteiger partial charge is 0.388 e. The van der Waals surface area contributed by atoms with E-state index in [0.717, 1.165) is 17.7 Å². The maximum Gasteiger partial charge on any atom is 0.0346 e. The fourth-order valence-corrected chi connectivity index (χ4v) is 3.81. The van der Waals surface area contributed by atoms with Gasteiger partial charge in [-0.25, -0.2) is 0 Å². The van der Waals surface area contributed by atoms with Gasteiger partial charge in [-0.2, -0.15) is 0 Å². The monoisotopic (exact) mass is 411 g/mol. The van der Waals surface area contributed by atoms with Crippen molar-refractivity contribution in [2.75, 3.05) is 12.4 Å². The Morgan fingerprint density at radius 1 is 1.00 bits per heavy atom. The van der Waals surface area contributed by atoms with Crippen molar-refractivity contribution in [2.24, 2.45) is 11.8 Å². The number of benzene rings is 1. The van der Waals surface area contributed by atoms with Gasteiger partial charge in [-0.1, -0.05) is 86.1 Å². The van der Waals surface area contributed by atoms with Crippen LogP contribution in [0.1, 0.15) is 101 Å². The summed E-state index contributed by atoms with van der Waals surface area (Å²) in [6.45, 7) is 31.4. The van der Waals surface area contributed by atoms with Crippen molar-refractivity contribution >= 4 is 11.3 Å². The van der Waals surface area contributed by atoms with Gasteiger partial charge in [0.05, 0.1) is 0 Å². The first-order chi connectivity index (χ1) is 13.8. The highest BCUT2D eigenvalue weighted by molar-refractivity contribution is 5.85. The molecule has 1 heteroatoms. The van der Waals surface area contributed by atoms with E-state index in [1.54, 1.807) is 0 Å². The minimum atomic E-state index is 0.0922. The SMILES string of the molecule is C=C(/C(C(=C(C)C)C(C)C)=C(\C)C(C)CC)c1cc(NC)cc(C(C)(C)C)c1.CC. The zero-order valence-corrected chi connectivity index (χ0v) is 22.3. The summed E-state index contributed by atoms with van der Waals surface area (Å²) in [4.78, 5) is 0. The van der Waals surface area contributed by atoms with Crippen molar-refractivity contribution in [1.29, 1.82) is 0 Å². The van der Waals surface area contributed by atoms with E-state index in [1.165, 1.54) is 33.4 Å². The Bertz CT molecular complexity index is 762. The van der Waals surface area contributed by atoms with Gasteiger partial charge in [-0.3, -0.25) is 0 Å². The van der Waals surface area contributed by atoms with E-state index in [9.17, 15) is 0 Å². The standard InChI is InChI=1S/C27H43N.C2H6/c1-13-19(6)20(7)26(25(17(2)3)18(4)5)21(8)22-14-23(27(9,10)11)16-24(15-22)28-12;1-2/h14-17,19,28H,8,13H2,1-7,9-12H3;1-2H3/b26-20-;. The lowest BCUT2D eigenvalue weighted by Crippen LogP contribution is -2.13. The van der Waals surface area contributed by atoms with Crippen LogP contribution in [0.15, 0.2) is 47.1 Å². The molecule has 0 radical (unpaired) electrons. The summed E-state index contributed by atoms with van der Waals surface area (Å²) < 4.78 is 0. The maximum absolute atomic E-state index is 4.63. The average molecular weight is 412 g/mol. The van der Waals surface area contributed by atoms with Crippen LogP contribution in [0.25, 0.3) is 5.57 Å². The van der Waals surface area contributed by atoms with Crippen LogP contribution in [0.3, 0.4) is 0 Å². The fraction of sp³-hybridized carbons (Fsp3) is 0.586. The van der Waals surface area contributed by atoms with Crippen LogP contribution in [0.4, 0.5) is 5.69 Å². The molecular weight excluding hydrogens is 362 g/mol. The predicted octanol–water partition coefficient (Wildman–Crippen LogP) is 9.42. The van der Waals surface area contributed by atoms with Gasteiger partial charge in [0.2, 0.25) is 0 Å². The van der Waals surface area contributed by atoms with Crippen LogP contribution >= 0.6 is 0 Å². The van der Waals surface area contributed by atoms with Crippen LogP contribution in [0.2, 0.25) is 0 Å². The van der Waals surface area contributed by atoms with Gasteiger partial charge in [-0.15, -0.1) is 0 Å². The summed E-state index contributed by atoms with van der Waals surface area (Å²) in [6.07, 6.45) is 1.14. The summed E-state index contributed by atoms with van der Waals surface area (Å²) in [7, 11) is 1.99. The third-order valence-corrected chi connectivity index (χ3v) is 5.87. The molecule has 1 atom stereocenters. The minimum absolute atomic E-state index is 0.0922. The predicted molar refractivity (Wildman–Crippen MR) is 140 cm³/mol. The summed E-state index contributed by atoms with van der Waals surface area (Å²) in [5.74, 6) is 1.000. The molecule has 0 heterocycles. The van der Waals surface area contributed by atoms with Gasteiger partial charge < -0.3 is 5.32 Å². The number of allylic oxidation sites excluding steroid dienone is 5. The molecule has 1 aromatic rings. The lowest BCUT2D eigenvalue weighted by atomic mass is 9.78. The molecule has 1 nitrogen and oxygen atoms in total. The molecule has 1 rings (SSSR count).